The fourth-order valence-electron chi connectivity index (χ4n) is 2.63. The molecule has 7 heteroatoms. The van der Waals surface area contributed by atoms with Crippen LogP contribution in [0.3, 0.4) is 0 Å². The molecule has 0 aliphatic heterocycles. The van der Waals surface area contributed by atoms with Crippen molar-refractivity contribution in [1.29, 1.82) is 0 Å². The fourth-order valence-corrected chi connectivity index (χ4v) is 2.63. The monoisotopic (exact) mass is 340 g/mol. The number of rotatable bonds is 7. The highest BCUT2D eigenvalue weighted by molar-refractivity contribution is 5.72. The molecule has 2 heterocycles. The van der Waals surface area contributed by atoms with Crippen LogP contribution in [0.15, 0.2) is 54.2 Å². The maximum atomic E-state index is 12.4. The van der Waals surface area contributed by atoms with Crippen LogP contribution in [0.2, 0.25) is 0 Å². The van der Waals surface area contributed by atoms with Crippen molar-refractivity contribution >= 4 is 11.0 Å². The SMILES string of the molecule is C=CCc1ccccc1OC[C@@H](O)Cn1cnc2c(cnn2C)c1=O. The Morgan fingerprint density at radius 2 is 2.20 bits per heavy atom. The van der Waals surface area contributed by atoms with E-state index in [0.29, 0.717) is 23.2 Å². The molecule has 3 aromatic rings. The van der Waals surface area contributed by atoms with Crippen molar-refractivity contribution < 1.29 is 9.84 Å². The number of fused-ring (bicyclic) bond motifs is 1. The van der Waals surface area contributed by atoms with E-state index in [1.165, 1.54) is 21.8 Å². The lowest BCUT2D eigenvalue weighted by Gasteiger charge is -2.15. The Hall–Kier alpha value is -2.93. The lowest BCUT2D eigenvalue weighted by Crippen LogP contribution is -2.30. The average molecular weight is 340 g/mol. The number of aromatic nitrogens is 4. The molecule has 0 saturated heterocycles. The highest BCUT2D eigenvalue weighted by Crippen LogP contribution is 2.19. The molecule has 0 saturated carbocycles. The molecular weight excluding hydrogens is 320 g/mol. The summed E-state index contributed by atoms with van der Waals surface area (Å²) in [7, 11) is 1.72. The van der Waals surface area contributed by atoms with Gasteiger partial charge in [-0.1, -0.05) is 24.3 Å². The predicted molar refractivity (Wildman–Crippen MR) is 94.6 cm³/mol. The Balaban J connectivity index is 1.69. The number of aryl methyl sites for hydroxylation is 1. The predicted octanol–water partition coefficient (Wildman–Crippen LogP) is 1.30. The summed E-state index contributed by atoms with van der Waals surface area (Å²) in [5.41, 5.74) is 1.29. The molecule has 1 N–H and O–H groups in total. The molecule has 0 fully saturated rings. The summed E-state index contributed by atoms with van der Waals surface area (Å²) >= 11 is 0. The largest absolute Gasteiger partial charge is 0.491 e. The molecule has 7 nitrogen and oxygen atoms in total. The van der Waals surface area contributed by atoms with Gasteiger partial charge in [0, 0.05) is 7.05 Å². The number of aliphatic hydroxyl groups is 1. The summed E-state index contributed by atoms with van der Waals surface area (Å²) in [4.78, 5) is 16.6. The first-order chi connectivity index (χ1) is 12.1. The van der Waals surface area contributed by atoms with Gasteiger partial charge in [-0.05, 0) is 18.1 Å². The Labute approximate surface area is 144 Å². The minimum Gasteiger partial charge on any atom is -0.491 e. The van der Waals surface area contributed by atoms with Crippen LogP contribution in [-0.2, 0) is 20.0 Å². The molecule has 0 spiro atoms. The zero-order chi connectivity index (χ0) is 17.8. The fraction of sp³-hybridized carbons (Fsp3) is 0.278. The second kappa shape index (κ2) is 7.31. The third kappa shape index (κ3) is 3.61. The molecule has 0 bridgehead atoms. The van der Waals surface area contributed by atoms with Gasteiger partial charge in [0.15, 0.2) is 5.65 Å². The van der Waals surface area contributed by atoms with Crippen LogP contribution < -0.4 is 10.3 Å². The number of hydrogen-bond donors (Lipinski definition) is 1. The van der Waals surface area contributed by atoms with Gasteiger partial charge in [-0.2, -0.15) is 5.10 Å². The summed E-state index contributed by atoms with van der Waals surface area (Å²) in [5, 5.41) is 14.7. The molecule has 0 amide bonds. The van der Waals surface area contributed by atoms with Crippen molar-refractivity contribution in [2.45, 2.75) is 19.1 Å². The van der Waals surface area contributed by atoms with Crippen molar-refractivity contribution in [2.24, 2.45) is 7.05 Å². The second-order valence-corrected chi connectivity index (χ2v) is 5.77. The van der Waals surface area contributed by atoms with E-state index in [1.54, 1.807) is 13.1 Å². The van der Waals surface area contributed by atoms with Crippen LogP contribution in [0.5, 0.6) is 5.75 Å². The Bertz CT molecular complexity index is 945. The molecule has 1 atom stereocenters. The van der Waals surface area contributed by atoms with Crippen LogP contribution in [0.25, 0.3) is 11.0 Å². The molecule has 0 unspecified atom stereocenters. The van der Waals surface area contributed by atoms with Crippen LogP contribution in [0, 0.1) is 0 Å². The standard InChI is InChI=1S/C18H20N4O3/c1-3-6-13-7-4-5-8-16(13)25-11-14(23)10-22-12-19-17-15(18(22)24)9-20-21(17)2/h3-5,7-9,12,14,23H,1,6,10-11H2,2H3/t14-/m0/s1. The van der Waals surface area contributed by atoms with Gasteiger partial charge in [0.1, 0.15) is 30.2 Å². The zero-order valence-corrected chi connectivity index (χ0v) is 14.0. The molecule has 25 heavy (non-hydrogen) atoms. The van der Waals surface area contributed by atoms with E-state index in [4.69, 9.17) is 4.74 Å². The minimum atomic E-state index is -0.842. The van der Waals surface area contributed by atoms with E-state index in [9.17, 15) is 9.90 Å². The van der Waals surface area contributed by atoms with Crippen LogP contribution in [0.4, 0.5) is 0 Å². The highest BCUT2D eigenvalue weighted by Gasteiger charge is 2.13. The van der Waals surface area contributed by atoms with Gasteiger partial charge in [0.25, 0.3) is 5.56 Å². The Kier molecular flexibility index (Phi) is 4.95. The topological polar surface area (TPSA) is 82.2 Å². The van der Waals surface area contributed by atoms with Gasteiger partial charge in [0.2, 0.25) is 0 Å². The molecule has 3 rings (SSSR count). The van der Waals surface area contributed by atoms with Crippen LogP contribution in [0.1, 0.15) is 5.56 Å². The summed E-state index contributed by atoms with van der Waals surface area (Å²) in [6, 6.07) is 7.60. The first kappa shape index (κ1) is 16.9. The smallest absolute Gasteiger partial charge is 0.264 e. The molecule has 0 radical (unpaired) electrons. The van der Waals surface area contributed by atoms with Gasteiger partial charge in [-0.25, -0.2) is 4.98 Å². The maximum absolute atomic E-state index is 12.4. The number of aliphatic hydroxyl groups excluding tert-OH is 1. The molecule has 0 aliphatic rings. The quantitative estimate of drug-likeness (QED) is 0.656. The van der Waals surface area contributed by atoms with Gasteiger partial charge in [-0.3, -0.25) is 14.0 Å². The third-order valence-electron chi connectivity index (χ3n) is 3.89. The summed E-state index contributed by atoms with van der Waals surface area (Å²) in [6.45, 7) is 3.90. The number of benzene rings is 1. The Morgan fingerprint density at radius 1 is 1.40 bits per heavy atom. The first-order valence-electron chi connectivity index (χ1n) is 7.97. The third-order valence-corrected chi connectivity index (χ3v) is 3.89. The van der Waals surface area contributed by atoms with E-state index in [1.807, 2.05) is 24.3 Å². The molecule has 1 aromatic carbocycles. The molecular formula is C18H20N4O3. The van der Waals surface area contributed by atoms with Gasteiger partial charge in [0.05, 0.1) is 12.7 Å². The zero-order valence-electron chi connectivity index (χ0n) is 14.0. The number of hydrogen-bond acceptors (Lipinski definition) is 5. The molecule has 2 aromatic heterocycles. The first-order valence-corrected chi connectivity index (χ1v) is 7.97. The average Bonchev–Trinajstić information content (AvgIpc) is 2.99. The van der Waals surface area contributed by atoms with Crippen molar-refractivity contribution in [1.82, 2.24) is 19.3 Å². The van der Waals surface area contributed by atoms with Crippen molar-refractivity contribution in [3.63, 3.8) is 0 Å². The van der Waals surface area contributed by atoms with Crippen LogP contribution in [-0.4, -0.2) is 37.1 Å². The normalized spacial score (nSPS) is 12.2. The highest BCUT2D eigenvalue weighted by atomic mass is 16.5. The van der Waals surface area contributed by atoms with E-state index >= 15 is 0 Å². The van der Waals surface area contributed by atoms with Crippen molar-refractivity contribution in [3.05, 3.63) is 65.4 Å². The lowest BCUT2D eigenvalue weighted by atomic mass is 10.1. The van der Waals surface area contributed by atoms with Gasteiger partial charge < -0.3 is 9.84 Å². The van der Waals surface area contributed by atoms with E-state index in [0.717, 1.165) is 5.56 Å². The maximum Gasteiger partial charge on any atom is 0.264 e. The van der Waals surface area contributed by atoms with E-state index in [-0.39, 0.29) is 18.7 Å². The summed E-state index contributed by atoms with van der Waals surface area (Å²) in [5.74, 6) is 0.703. The van der Waals surface area contributed by atoms with Crippen molar-refractivity contribution in [3.8, 4) is 5.75 Å². The van der Waals surface area contributed by atoms with Gasteiger partial charge >= 0.3 is 0 Å². The number of para-hydroxylation sites is 1. The summed E-state index contributed by atoms with van der Waals surface area (Å²) in [6.07, 6.45) is 4.54. The Morgan fingerprint density at radius 3 is 3.00 bits per heavy atom. The molecule has 0 aliphatic carbocycles. The van der Waals surface area contributed by atoms with Crippen molar-refractivity contribution in [2.75, 3.05) is 6.61 Å². The minimum absolute atomic E-state index is 0.0751. The number of allylic oxidation sites excluding steroid dienone is 1. The van der Waals surface area contributed by atoms with Gasteiger partial charge in [-0.15, -0.1) is 6.58 Å². The number of nitrogens with zero attached hydrogens (tertiary/aromatic N) is 4. The van der Waals surface area contributed by atoms with Crippen LogP contribution >= 0.6 is 0 Å². The van der Waals surface area contributed by atoms with E-state index in [2.05, 4.69) is 16.7 Å². The molecule has 130 valence electrons. The lowest BCUT2D eigenvalue weighted by molar-refractivity contribution is 0.0911. The second-order valence-electron chi connectivity index (χ2n) is 5.77. The summed E-state index contributed by atoms with van der Waals surface area (Å²) < 4.78 is 8.61. The van der Waals surface area contributed by atoms with E-state index < -0.39 is 6.10 Å². The number of ether oxygens (including phenoxy) is 1.